The third kappa shape index (κ3) is 3.08. The third-order valence-electron chi connectivity index (χ3n) is 5.48. The van der Waals surface area contributed by atoms with Gasteiger partial charge in [0, 0.05) is 37.1 Å². The van der Waals surface area contributed by atoms with Crippen molar-refractivity contribution in [3.8, 4) is 22.8 Å². The molecule has 3 aromatic rings. The van der Waals surface area contributed by atoms with Gasteiger partial charge in [0.05, 0.1) is 11.1 Å². The number of carbonyl (C=O) groups excluding carboxylic acids is 1. The van der Waals surface area contributed by atoms with E-state index >= 15 is 0 Å². The number of fused-ring (bicyclic) bond motifs is 1. The van der Waals surface area contributed by atoms with E-state index in [0.29, 0.717) is 23.0 Å². The molecule has 2 aromatic carbocycles. The van der Waals surface area contributed by atoms with Crippen LogP contribution in [0.25, 0.3) is 11.3 Å². The van der Waals surface area contributed by atoms with Crippen LogP contribution in [0.15, 0.2) is 53.1 Å². The maximum atomic E-state index is 13.0. The van der Waals surface area contributed by atoms with Crippen LogP contribution in [0.1, 0.15) is 18.5 Å². The molecule has 0 atom stereocenters. The first-order valence-corrected chi connectivity index (χ1v) is 9.51. The number of nitrogens with zero attached hydrogens (tertiary/aromatic N) is 2. The summed E-state index contributed by atoms with van der Waals surface area (Å²) in [7, 11) is 3.96. The van der Waals surface area contributed by atoms with Gasteiger partial charge in [-0.1, -0.05) is 5.16 Å². The molecule has 2 heterocycles. The van der Waals surface area contributed by atoms with Crippen LogP contribution in [0.5, 0.6) is 11.5 Å². The number of hydrogen-bond donors (Lipinski definition) is 1. The van der Waals surface area contributed by atoms with Crippen LogP contribution in [-0.4, -0.2) is 32.0 Å². The Bertz CT molecular complexity index is 1070. The van der Waals surface area contributed by atoms with Gasteiger partial charge in [0.2, 0.25) is 12.7 Å². The molecule has 1 amide bonds. The lowest BCUT2D eigenvalue weighted by Crippen LogP contribution is -2.28. The molecule has 0 bridgehead atoms. The number of benzene rings is 2. The minimum absolute atomic E-state index is 0.0550. The van der Waals surface area contributed by atoms with E-state index < -0.39 is 5.41 Å². The lowest BCUT2D eigenvalue weighted by atomic mass is 10.00. The lowest BCUT2D eigenvalue weighted by Gasteiger charge is -2.15. The number of ether oxygens (including phenoxy) is 2. The van der Waals surface area contributed by atoms with Crippen LogP contribution < -0.4 is 19.7 Å². The molecular formula is C22H21N3O4. The summed E-state index contributed by atoms with van der Waals surface area (Å²) in [4.78, 5) is 15.0. The Morgan fingerprint density at radius 1 is 1.03 bits per heavy atom. The Labute approximate surface area is 168 Å². The van der Waals surface area contributed by atoms with Gasteiger partial charge in [0.25, 0.3) is 0 Å². The van der Waals surface area contributed by atoms with Gasteiger partial charge in [-0.05, 0) is 55.3 Å². The Morgan fingerprint density at radius 3 is 2.52 bits per heavy atom. The summed E-state index contributed by atoms with van der Waals surface area (Å²) in [5, 5.41) is 7.22. The molecule has 1 aliphatic carbocycles. The SMILES string of the molecule is CN(C)c1ccc(NC(=O)C2(c3cc(-c4ccc5c(c4)OCO5)on3)CC2)cc1. The van der Waals surface area contributed by atoms with Crippen LogP contribution >= 0.6 is 0 Å². The fourth-order valence-corrected chi connectivity index (χ4v) is 3.50. The standard InChI is InChI=1S/C22H21N3O4/c1-25(2)16-6-4-15(5-7-16)23-21(26)22(9-10-22)20-12-18(29-24-20)14-3-8-17-19(11-14)28-13-27-17/h3-8,11-12H,9-10,13H2,1-2H3,(H,23,26). The van der Waals surface area contributed by atoms with Gasteiger partial charge in [-0.2, -0.15) is 0 Å². The maximum Gasteiger partial charge on any atom is 0.236 e. The zero-order valence-corrected chi connectivity index (χ0v) is 16.3. The molecule has 7 heteroatoms. The Balaban J connectivity index is 1.35. The first-order valence-electron chi connectivity index (χ1n) is 9.51. The minimum Gasteiger partial charge on any atom is -0.454 e. The highest BCUT2D eigenvalue weighted by atomic mass is 16.7. The molecule has 2 aliphatic rings. The number of anilines is 2. The highest BCUT2D eigenvalue weighted by Crippen LogP contribution is 2.49. The van der Waals surface area contributed by atoms with Gasteiger partial charge in [-0.25, -0.2) is 0 Å². The molecule has 1 fully saturated rings. The van der Waals surface area contributed by atoms with Gasteiger partial charge in [0.1, 0.15) is 0 Å². The number of hydrogen-bond acceptors (Lipinski definition) is 6. The van der Waals surface area contributed by atoms with Gasteiger partial charge in [0.15, 0.2) is 17.3 Å². The Kier molecular flexibility index (Phi) is 3.97. The summed E-state index contributed by atoms with van der Waals surface area (Å²) in [5.41, 5.74) is 2.72. The molecule has 29 heavy (non-hydrogen) atoms. The average molecular weight is 391 g/mol. The number of aromatic nitrogens is 1. The van der Waals surface area contributed by atoms with E-state index in [9.17, 15) is 4.79 Å². The highest BCUT2D eigenvalue weighted by molar-refractivity contribution is 6.01. The molecular weight excluding hydrogens is 370 g/mol. The normalized spacial score (nSPS) is 15.8. The van der Waals surface area contributed by atoms with E-state index in [2.05, 4.69) is 10.5 Å². The Hall–Kier alpha value is -3.48. The van der Waals surface area contributed by atoms with Crippen LogP contribution in [-0.2, 0) is 10.2 Å². The van der Waals surface area contributed by atoms with E-state index in [4.69, 9.17) is 14.0 Å². The van der Waals surface area contributed by atoms with Crippen molar-refractivity contribution in [2.75, 3.05) is 31.1 Å². The summed E-state index contributed by atoms with van der Waals surface area (Å²) in [6.07, 6.45) is 1.50. The van der Waals surface area contributed by atoms with Crippen LogP contribution in [0.4, 0.5) is 11.4 Å². The second-order valence-electron chi connectivity index (χ2n) is 7.62. The van der Waals surface area contributed by atoms with E-state index in [0.717, 1.165) is 29.8 Å². The zero-order chi connectivity index (χ0) is 20.0. The van der Waals surface area contributed by atoms with Crippen LogP contribution in [0, 0.1) is 0 Å². The smallest absolute Gasteiger partial charge is 0.236 e. The van der Waals surface area contributed by atoms with E-state index in [1.54, 1.807) is 0 Å². The van der Waals surface area contributed by atoms with Gasteiger partial charge in [-0.3, -0.25) is 4.79 Å². The van der Waals surface area contributed by atoms with Gasteiger partial charge >= 0.3 is 0 Å². The van der Waals surface area contributed by atoms with Crippen molar-refractivity contribution in [3.63, 3.8) is 0 Å². The number of carbonyl (C=O) groups is 1. The van der Waals surface area contributed by atoms with Crippen molar-refractivity contribution < 1.29 is 18.8 Å². The molecule has 1 N–H and O–H groups in total. The van der Waals surface area contributed by atoms with E-state index in [1.807, 2.05) is 67.5 Å². The van der Waals surface area contributed by atoms with Gasteiger partial charge in [-0.15, -0.1) is 0 Å². The first kappa shape index (κ1) is 17.6. The summed E-state index contributed by atoms with van der Waals surface area (Å²) >= 11 is 0. The quantitative estimate of drug-likeness (QED) is 0.713. The molecule has 0 radical (unpaired) electrons. The molecule has 5 rings (SSSR count). The highest BCUT2D eigenvalue weighted by Gasteiger charge is 2.53. The lowest BCUT2D eigenvalue weighted by molar-refractivity contribution is -0.118. The Morgan fingerprint density at radius 2 is 1.79 bits per heavy atom. The number of amides is 1. The summed E-state index contributed by atoms with van der Waals surface area (Å²) in [6.45, 7) is 0.221. The van der Waals surface area contributed by atoms with Crippen LogP contribution in [0.2, 0.25) is 0 Å². The molecule has 1 saturated carbocycles. The molecule has 0 spiro atoms. The third-order valence-corrected chi connectivity index (χ3v) is 5.48. The van der Waals surface area contributed by atoms with Crippen molar-refractivity contribution in [3.05, 3.63) is 54.2 Å². The fraction of sp³-hybridized carbons (Fsp3) is 0.273. The monoisotopic (exact) mass is 391 g/mol. The zero-order valence-electron chi connectivity index (χ0n) is 16.3. The van der Waals surface area contributed by atoms with Crippen molar-refractivity contribution in [2.45, 2.75) is 18.3 Å². The minimum atomic E-state index is -0.627. The topological polar surface area (TPSA) is 76.8 Å². The van der Waals surface area contributed by atoms with Crippen molar-refractivity contribution in [1.29, 1.82) is 0 Å². The molecule has 0 saturated heterocycles. The van der Waals surface area contributed by atoms with Crippen molar-refractivity contribution >= 4 is 17.3 Å². The van der Waals surface area contributed by atoms with Crippen molar-refractivity contribution in [2.24, 2.45) is 0 Å². The summed E-state index contributed by atoms with van der Waals surface area (Å²) in [6, 6.07) is 15.2. The molecule has 0 unspecified atom stereocenters. The summed E-state index contributed by atoms with van der Waals surface area (Å²) < 4.78 is 16.3. The van der Waals surface area contributed by atoms with Gasteiger partial charge < -0.3 is 24.2 Å². The maximum absolute atomic E-state index is 13.0. The average Bonchev–Trinajstić information content (AvgIpc) is 3.16. The fourth-order valence-electron chi connectivity index (χ4n) is 3.50. The summed E-state index contributed by atoms with van der Waals surface area (Å²) in [5.74, 6) is 1.95. The molecule has 7 nitrogen and oxygen atoms in total. The molecule has 148 valence electrons. The van der Waals surface area contributed by atoms with Crippen molar-refractivity contribution in [1.82, 2.24) is 5.16 Å². The van der Waals surface area contributed by atoms with Crippen LogP contribution in [0.3, 0.4) is 0 Å². The predicted octanol–water partition coefficient (Wildman–Crippen LogP) is 3.81. The molecule has 1 aromatic heterocycles. The first-order chi connectivity index (χ1) is 14.0. The number of nitrogens with one attached hydrogen (secondary N) is 1. The van der Waals surface area contributed by atoms with E-state index in [1.165, 1.54) is 0 Å². The number of rotatable bonds is 5. The second kappa shape index (κ2) is 6.55. The predicted molar refractivity (Wildman–Crippen MR) is 108 cm³/mol. The molecule has 1 aliphatic heterocycles. The second-order valence-corrected chi connectivity index (χ2v) is 7.62. The van der Waals surface area contributed by atoms with E-state index in [-0.39, 0.29) is 12.7 Å². The largest absolute Gasteiger partial charge is 0.454 e.